The van der Waals surface area contributed by atoms with E-state index in [9.17, 15) is 5.11 Å². The normalized spacial score (nSPS) is 11.4. The van der Waals surface area contributed by atoms with Crippen LogP contribution in [-0.4, -0.2) is 5.11 Å². The van der Waals surface area contributed by atoms with Crippen molar-refractivity contribution in [2.45, 2.75) is 58.8 Å². The van der Waals surface area contributed by atoms with E-state index in [2.05, 4.69) is 44.2 Å². The number of benzene rings is 3. The molecule has 0 saturated heterocycles. The zero-order valence-electron chi connectivity index (χ0n) is 17.2. The van der Waals surface area contributed by atoms with Gasteiger partial charge in [-0.25, -0.2) is 0 Å². The topological polar surface area (TPSA) is 20.2 Å². The van der Waals surface area contributed by atoms with Crippen molar-refractivity contribution in [1.29, 1.82) is 0 Å². The molecule has 0 atom stereocenters. The maximum absolute atomic E-state index is 10.9. The minimum absolute atomic E-state index is 0.577. The molecule has 0 radical (unpaired) electrons. The van der Waals surface area contributed by atoms with Gasteiger partial charge in [-0.05, 0) is 53.5 Å². The standard InChI is InChI=1S/C21H26O.C6H6/c1-3-5-9-16-13-19-17-12-8-7-10-15(17)14-20(19)21(22)18(16)11-6-4-2;1-2-4-6-5-3-1/h7-8,10,12-13,22H,3-6,9,11,14H2,1-2H3;1-6H. The van der Waals surface area contributed by atoms with Crippen molar-refractivity contribution in [2.24, 2.45) is 0 Å². The van der Waals surface area contributed by atoms with Crippen LogP contribution >= 0.6 is 0 Å². The summed E-state index contributed by atoms with van der Waals surface area (Å²) in [6.07, 6.45) is 7.68. The molecular formula is C27H32O. The molecule has 0 amide bonds. The van der Waals surface area contributed by atoms with Crippen LogP contribution in [0.4, 0.5) is 0 Å². The van der Waals surface area contributed by atoms with Crippen LogP contribution in [-0.2, 0) is 19.3 Å². The zero-order valence-corrected chi connectivity index (χ0v) is 17.2. The van der Waals surface area contributed by atoms with E-state index in [-0.39, 0.29) is 0 Å². The Balaban J connectivity index is 0.000000320. The first-order valence-electron chi connectivity index (χ1n) is 10.7. The van der Waals surface area contributed by atoms with E-state index >= 15 is 0 Å². The van der Waals surface area contributed by atoms with Gasteiger partial charge >= 0.3 is 0 Å². The summed E-state index contributed by atoms with van der Waals surface area (Å²) in [5.41, 5.74) is 7.64. The lowest BCUT2D eigenvalue weighted by molar-refractivity contribution is 0.460. The number of aromatic hydroxyl groups is 1. The minimum Gasteiger partial charge on any atom is -0.507 e. The van der Waals surface area contributed by atoms with Crippen molar-refractivity contribution < 1.29 is 5.11 Å². The second-order valence-corrected chi connectivity index (χ2v) is 7.58. The largest absolute Gasteiger partial charge is 0.507 e. The van der Waals surface area contributed by atoms with Crippen LogP contribution in [0.15, 0.2) is 66.7 Å². The van der Waals surface area contributed by atoms with Crippen LogP contribution in [0.2, 0.25) is 0 Å². The Morgan fingerprint density at radius 1 is 0.750 bits per heavy atom. The number of fused-ring (bicyclic) bond motifs is 3. The molecule has 1 N–H and O–H groups in total. The summed E-state index contributed by atoms with van der Waals surface area (Å²) in [5, 5.41) is 10.9. The van der Waals surface area contributed by atoms with Crippen molar-refractivity contribution >= 4 is 0 Å². The van der Waals surface area contributed by atoms with Gasteiger partial charge in [0.15, 0.2) is 0 Å². The van der Waals surface area contributed by atoms with Crippen LogP contribution in [0, 0.1) is 0 Å². The summed E-state index contributed by atoms with van der Waals surface area (Å²) < 4.78 is 0. The van der Waals surface area contributed by atoms with Gasteiger partial charge in [0.2, 0.25) is 0 Å². The lowest BCUT2D eigenvalue weighted by Crippen LogP contribution is -1.99. The Labute approximate surface area is 170 Å². The molecule has 1 aliphatic carbocycles. The highest BCUT2D eigenvalue weighted by Crippen LogP contribution is 2.44. The average Bonchev–Trinajstić information content (AvgIpc) is 3.12. The highest BCUT2D eigenvalue weighted by molar-refractivity contribution is 5.80. The molecule has 1 aliphatic rings. The van der Waals surface area contributed by atoms with Crippen LogP contribution in [0.3, 0.4) is 0 Å². The van der Waals surface area contributed by atoms with E-state index in [0.717, 1.165) is 31.2 Å². The second kappa shape index (κ2) is 10.1. The Bertz CT molecular complexity index is 854. The molecule has 0 unspecified atom stereocenters. The average molecular weight is 373 g/mol. The predicted molar refractivity (Wildman–Crippen MR) is 120 cm³/mol. The third-order valence-corrected chi connectivity index (χ3v) is 5.52. The molecule has 0 aromatic heterocycles. The quantitative estimate of drug-likeness (QED) is 0.375. The number of hydrogen-bond donors (Lipinski definition) is 1. The molecular weight excluding hydrogens is 340 g/mol. The first kappa shape index (κ1) is 20.2. The number of rotatable bonds is 6. The molecule has 0 bridgehead atoms. The number of aryl methyl sites for hydroxylation is 1. The number of hydrogen-bond acceptors (Lipinski definition) is 1. The van der Waals surface area contributed by atoms with Gasteiger partial charge in [0.05, 0.1) is 0 Å². The molecule has 28 heavy (non-hydrogen) atoms. The van der Waals surface area contributed by atoms with Crippen molar-refractivity contribution in [3.8, 4) is 16.9 Å². The summed E-state index contributed by atoms with van der Waals surface area (Å²) in [6.45, 7) is 4.44. The highest BCUT2D eigenvalue weighted by Gasteiger charge is 2.24. The lowest BCUT2D eigenvalue weighted by Gasteiger charge is -2.16. The monoisotopic (exact) mass is 372 g/mol. The maximum atomic E-state index is 10.9. The number of phenolic OH excluding ortho intramolecular Hbond substituents is 1. The molecule has 0 fully saturated rings. The first-order valence-corrected chi connectivity index (χ1v) is 10.7. The van der Waals surface area contributed by atoms with Crippen LogP contribution in [0.1, 0.15) is 61.8 Å². The SMILES string of the molecule is CCCCc1cc2c(c(O)c1CCCC)Cc1ccccc1-2.c1ccccc1. The molecule has 0 heterocycles. The van der Waals surface area contributed by atoms with E-state index < -0.39 is 0 Å². The molecule has 3 aromatic carbocycles. The third kappa shape index (κ3) is 4.65. The van der Waals surface area contributed by atoms with Gasteiger partial charge in [-0.2, -0.15) is 0 Å². The molecule has 4 rings (SSSR count). The number of unbranched alkanes of at least 4 members (excludes halogenated alkanes) is 2. The molecule has 0 saturated carbocycles. The van der Waals surface area contributed by atoms with Crippen LogP contribution in [0.25, 0.3) is 11.1 Å². The van der Waals surface area contributed by atoms with Crippen LogP contribution < -0.4 is 0 Å². The van der Waals surface area contributed by atoms with Crippen molar-refractivity contribution in [1.82, 2.24) is 0 Å². The number of phenols is 1. The minimum atomic E-state index is 0.577. The van der Waals surface area contributed by atoms with Crippen molar-refractivity contribution in [2.75, 3.05) is 0 Å². The van der Waals surface area contributed by atoms with Gasteiger partial charge in [-0.1, -0.05) is 93.4 Å². The summed E-state index contributed by atoms with van der Waals surface area (Å²) in [4.78, 5) is 0. The first-order chi connectivity index (χ1) is 13.8. The summed E-state index contributed by atoms with van der Waals surface area (Å²) >= 11 is 0. The van der Waals surface area contributed by atoms with E-state index in [1.807, 2.05) is 36.4 Å². The Hall–Kier alpha value is -2.54. The van der Waals surface area contributed by atoms with E-state index in [4.69, 9.17) is 0 Å². The van der Waals surface area contributed by atoms with E-state index in [1.165, 1.54) is 47.1 Å². The predicted octanol–water partition coefficient (Wildman–Crippen LogP) is 7.34. The van der Waals surface area contributed by atoms with Gasteiger partial charge in [0, 0.05) is 12.0 Å². The van der Waals surface area contributed by atoms with Gasteiger partial charge in [-0.15, -0.1) is 0 Å². The molecule has 3 aromatic rings. The fraction of sp³-hybridized carbons (Fsp3) is 0.333. The molecule has 1 heteroatoms. The second-order valence-electron chi connectivity index (χ2n) is 7.58. The highest BCUT2D eigenvalue weighted by atomic mass is 16.3. The van der Waals surface area contributed by atoms with E-state index in [0.29, 0.717) is 5.75 Å². The van der Waals surface area contributed by atoms with Crippen molar-refractivity contribution in [3.05, 3.63) is 89.0 Å². The van der Waals surface area contributed by atoms with E-state index in [1.54, 1.807) is 0 Å². The van der Waals surface area contributed by atoms with Gasteiger partial charge in [-0.3, -0.25) is 0 Å². The van der Waals surface area contributed by atoms with Gasteiger partial charge < -0.3 is 5.11 Å². The fourth-order valence-electron chi connectivity index (χ4n) is 3.96. The smallest absolute Gasteiger partial charge is 0.123 e. The van der Waals surface area contributed by atoms with Crippen LogP contribution in [0.5, 0.6) is 5.75 Å². The molecule has 146 valence electrons. The molecule has 0 spiro atoms. The Morgan fingerprint density at radius 3 is 2.00 bits per heavy atom. The third-order valence-electron chi connectivity index (χ3n) is 5.52. The Morgan fingerprint density at radius 2 is 1.36 bits per heavy atom. The summed E-state index contributed by atoms with van der Waals surface area (Å²) in [7, 11) is 0. The van der Waals surface area contributed by atoms with Crippen molar-refractivity contribution in [3.63, 3.8) is 0 Å². The zero-order chi connectivity index (χ0) is 19.8. The lowest BCUT2D eigenvalue weighted by atomic mass is 9.91. The summed E-state index contributed by atoms with van der Waals surface area (Å²) in [6, 6.07) is 22.9. The fourth-order valence-corrected chi connectivity index (χ4v) is 3.96. The maximum Gasteiger partial charge on any atom is 0.123 e. The van der Waals surface area contributed by atoms with Gasteiger partial charge in [0.25, 0.3) is 0 Å². The summed E-state index contributed by atoms with van der Waals surface area (Å²) in [5.74, 6) is 0.577. The Kier molecular flexibility index (Phi) is 7.31. The van der Waals surface area contributed by atoms with Gasteiger partial charge in [0.1, 0.15) is 5.75 Å². The molecule has 1 nitrogen and oxygen atoms in total. The molecule has 0 aliphatic heterocycles.